The van der Waals surface area contributed by atoms with E-state index in [1.54, 1.807) is 17.1 Å². The Balaban J connectivity index is 0.00000192. The van der Waals surface area contributed by atoms with Crippen LogP contribution in [0, 0.1) is 0 Å². The van der Waals surface area contributed by atoms with Gasteiger partial charge >= 0.3 is 0 Å². The van der Waals surface area contributed by atoms with Gasteiger partial charge < -0.3 is 9.84 Å². The summed E-state index contributed by atoms with van der Waals surface area (Å²) in [7, 11) is 1.90. The van der Waals surface area contributed by atoms with Crippen molar-refractivity contribution in [2.45, 2.75) is 25.9 Å². The van der Waals surface area contributed by atoms with E-state index in [-0.39, 0.29) is 18.4 Å². The van der Waals surface area contributed by atoms with E-state index in [0.717, 1.165) is 5.69 Å². The number of likely N-dealkylation sites (N-methyl/N-ethyl adjacent to an activating group) is 1. The van der Waals surface area contributed by atoms with E-state index in [4.69, 9.17) is 4.52 Å². The Kier molecular flexibility index (Phi) is 5.78. The number of hydrogen-bond donors (Lipinski definition) is 1. The Morgan fingerprint density at radius 1 is 1.35 bits per heavy atom. The molecule has 0 aliphatic heterocycles. The second kappa shape index (κ2) is 7.80. The summed E-state index contributed by atoms with van der Waals surface area (Å²) in [4.78, 5) is 8.59. The number of nitrogens with zero attached hydrogens (tertiary/aromatic N) is 6. The van der Waals surface area contributed by atoms with Gasteiger partial charge in [0.15, 0.2) is 11.5 Å². The lowest BCUT2D eigenvalue weighted by molar-refractivity contribution is 0.417. The van der Waals surface area contributed by atoms with Crippen LogP contribution in [0.2, 0.25) is 0 Å². The summed E-state index contributed by atoms with van der Waals surface area (Å²) in [6, 6.07) is 6.03. The highest BCUT2D eigenvalue weighted by Crippen LogP contribution is 2.14. The molecule has 1 unspecified atom stereocenters. The first-order valence-corrected chi connectivity index (χ1v) is 7.05. The predicted molar refractivity (Wildman–Crippen MR) is 86.1 cm³/mol. The average molecular weight is 336 g/mol. The first kappa shape index (κ1) is 17.0. The number of hydrogen-bond acceptors (Lipinski definition) is 7. The number of nitrogens with one attached hydrogen (secondary N) is 1. The highest BCUT2D eigenvalue weighted by atomic mass is 35.5. The maximum absolute atomic E-state index is 5.24. The molecule has 0 amide bonds. The highest BCUT2D eigenvalue weighted by Gasteiger charge is 2.14. The van der Waals surface area contributed by atoms with Crippen LogP contribution < -0.4 is 5.32 Å². The van der Waals surface area contributed by atoms with Crippen LogP contribution >= 0.6 is 12.4 Å². The minimum Gasteiger partial charge on any atom is -0.332 e. The van der Waals surface area contributed by atoms with Crippen molar-refractivity contribution in [1.82, 2.24) is 35.4 Å². The van der Waals surface area contributed by atoms with Gasteiger partial charge in [0.2, 0.25) is 0 Å². The summed E-state index contributed by atoms with van der Waals surface area (Å²) in [5.74, 6) is 1.03. The van der Waals surface area contributed by atoms with E-state index < -0.39 is 0 Å². The normalized spacial score (nSPS) is 11.9. The molecule has 8 nitrogen and oxygen atoms in total. The van der Waals surface area contributed by atoms with Gasteiger partial charge in [0, 0.05) is 18.7 Å². The van der Waals surface area contributed by atoms with Gasteiger partial charge in [-0.3, -0.25) is 4.98 Å². The summed E-state index contributed by atoms with van der Waals surface area (Å²) in [5, 5.41) is 15.2. The van der Waals surface area contributed by atoms with Crippen LogP contribution in [0.3, 0.4) is 0 Å². The van der Waals surface area contributed by atoms with Crippen molar-refractivity contribution in [1.29, 1.82) is 0 Å². The maximum Gasteiger partial charge on any atom is 0.280 e. The molecule has 0 fully saturated rings. The Morgan fingerprint density at radius 2 is 2.22 bits per heavy atom. The molecule has 0 bridgehead atoms. The lowest BCUT2D eigenvalue weighted by Crippen LogP contribution is -2.24. The van der Waals surface area contributed by atoms with Gasteiger partial charge in [-0.1, -0.05) is 16.4 Å². The van der Waals surface area contributed by atoms with Gasteiger partial charge in [-0.2, -0.15) is 4.98 Å². The van der Waals surface area contributed by atoms with Gasteiger partial charge in [-0.05, 0) is 26.1 Å². The maximum atomic E-state index is 5.24. The monoisotopic (exact) mass is 335 g/mol. The second-order valence-corrected chi connectivity index (χ2v) is 5.03. The SMILES string of the molecule is CNC(C)Cc1noc(-c2cn(Cc3ccccn3)nn2)n1.Cl. The van der Waals surface area contributed by atoms with Crippen LogP contribution in [0.4, 0.5) is 0 Å². The van der Waals surface area contributed by atoms with Crippen molar-refractivity contribution in [3.63, 3.8) is 0 Å². The number of pyridine rings is 1. The topological polar surface area (TPSA) is 94.6 Å². The van der Waals surface area contributed by atoms with E-state index in [1.807, 2.05) is 25.2 Å². The standard InChI is InChI=1S/C14H17N7O.ClH/c1-10(15-2)7-13-17-14(22-19-13)12-9-21(20-18-12)8-11-5-3-4-6-16-11;/h3-6,9-10,15H,7-8H2,1-2H3;1H. The van der Waals surface area contributed by atoms with Crippen LogP contribution in [0.5, 0.6) is 0 Å². The summed E-state index contributed by atoms with van der Waals surface area (Å²) in [5.41, 5.74) is 1.47. The Morgan fingerprint density at radius 3 is 2.96 bits per heavy atom. The zero-order valence-corrected chi connectivity index (χ0v) is 13.7. The quantitative estimate of drug-likeness (QED) is 0.726. The third-order valence-electron chi connectivity index (χ3n) is 3.26. The van der Waals surface area contributed by atoms with Gasteiger partial charge in [0.25, 0.3) is 5.89 Å². The van der Waals surface area contributed by atoms with E-state index in [1.165, 1.54) is 0 Å². The van der Waals surface area contributed by atoms with Gasteiger partial charge in [0.1, 0.15) is 0 Å². The van der Waals surface area contributed by atoms with Crippen LogP contribution in [0.1, 0.15) is 18.4 Å². The Bertz CT molecular complexity index is 728. The Hall–Kier alpha value is -2.32. The second-order valence-electron chi connectivity index (χ2n) is 5.03. The number of aromatic nitrogens is 6. The molecular weight excluding hydrogens is 318 g/mol. The minimum absolute atomic E-state index is 0. The van der Waals surface area contributed by atoms with E-state index in [2.05, 4.69) is 37.7 Å². The summed E-state index contributed by atoms with van der Waals surface area (Å²) in [6.07, 6.45) is 4.22. The zero-order chi connectivity index (χ0) is 15.4. The lowest BCUT2D eigenvalue weighted by atomic mass is 10.2. The summed E-state index contributed by atoms with van der Waals surface area (Å²) >= 11 is 0. The van der Waals surface area contributed by atoms with Gasteiger partial charge in [-0.15, -0.1) is 17.5 Å². The summed E-state index contributed by atoms with van der Waals surface area (Å²) in [6.45, 7) is 2.60. The van der Waals surface area contributed by atoms with E-state index >= 15 is 0 Å². The molecule has 23 heavy (non-hydrogen) atoms. The molecule has 3 heterocycles. The lowest BCUT2D eigenvalue weighted by Gasteiger charge is -2.04. The van der Waals surface area contributed by atoms with Crippen molar-refractivity contribution < 1.29 is 4.52 Å². The van der Waals surface area contributed by atoms with Crippen molar-refractivity contribution in [2.75, 3.05) is 7.05 Å². The van der Waals surface area contributed by atoms with Crippen molar-refractivity contribution >= 4 is 12.4 Å². The zero-order valence-electron chi connectivity index (χ0n) is 12.9. The molecule has 0 aliphatic rings. The molecule has 0 radical (unpaired) electrons. The van der Waals surface area contributed by atoms with E-state index in [9.17, 15) is 0 Å². The minimum atomic E-state index is 0. The third-order valence-corrected chi connectivity index (χ3v) is 3.26. The molecule has 3 aromatic rings. The van der Waals surface area contributed by atoms with Crippen molar-refractivity contribution in [3.05, 3.63) is 42.1 Å². The fourth-order valence-corrected chi connectivity index (χ4v) is 1.95. The Labute approximate surface area is 139 Å². The molecule has 3 rings (SSSR count). The summed E-state index contributed by atoms with van der Waals surface area (Å²) < 4.78 is 6.93. The van der Waals surface area contributed by atoms with Crippen LogP contribution in [-0.4, -0.2) is 43.2 Å². The van der Waals surface area contributed by atoms with Crippen molar-refractivity contribution in [2.24, 2.45) is 0 Å². The van der Waals surface area contributed by atoms with Crippen LogP contribution in [-0.2, 0) is 13.0 Å². The average Bonchev–Trinajstić information content (AvgIpc) is 3.17. The highest BCUT2D eigenvalue weighted by molar-refractivity contribution is 5.85. The first-order chi connectivity index (χ1) is 10.7. The molecule has 0 spiro atoms. The van der Waals surface area contributed by atoms with Crippen molar-refractivity contribution in [3.8, 4) is 11.6 Å². The fraction of sp³-hybridized carbons (Fsp3) is 0.357. The first-order valence-electron chi connectivity index (χ1n) is 7.05. The molecule has 0 saturated carbocycles. The predicted octanol–water partition coefficient (Wildman–Crippen LogP) is 1.34. The largest absolute Gasteiger partial charge is 0.332 e. The molecule has 0 aliphatic carbocycles. The smallest absolute Gasteiger partial charge is 0.280 e. The molecule has 0 saturated heterocycles. The molecular formula is C14H18ClN7O. The van der Waals surface area contributed by atoms with E-state index in [0.29, 0.717) is 30.4 Å². The molecule has 9 heteroatoms. The fourth-order valence-electron chi connectivity index (χ4n) is 1.95. The third kappa shape index (κ3) is 4.33. The number of halogens is 1. The molecule has 1 N–H and O–H groups in total. The van der Waals surface area contributed by atoms with Gasteiger partial charge in [0.05, 0.1) is 18.4 Å². The molecule has 3 aromatic heterocycles. The molecule has 122 valence electrons. The molecule has 0 aromatic carbocycles. The van der Waals surface area contributed by atoms with Crippen LogP contribution in [0.25, 0.3) is 11.6 Å². The molecule has 1 atom stereocenters. The van der Waals surface area contributed by atoms with Gasteiger partial charge in [-0.25, -0.2) is 4.68 Å². The number of rotatable bonds is 6. The van der Waals surface area contributed by atoms with Crippen LogP contribution in [0.15, 0.2) is 35.1 Å².